The fourth-order valence-electron chi connectivity index (χ4n) is 1.81. The molecule has 0 atom stereocenters. The highest BCUT2D eigenvalue weighted by molar-refractivity contribution is 6.03. The predicted molar refractivity (Wildman–Crippen MR) is 81.9 cm³/mol. The lowest BCUT2D eigenvalue weighted by Crippen LogP contribution is -2.09. The lowest BCUT2D eigenvalue weighted by Gasteiger charge is -2.04. The van der Waals surface area contributed by atoms with E-state index >= 15 is 0 Å². The summed E-state index contributed by atoms with van der Waals surface area (Å²) in [5.41, 5.74) is 1.72. The fraction of sp³-hybridized carbons (Fsp3) is 0.0625. The summed E-state index contributed by atoms with van der Waals surface area (Å²) in [5, 5.41) is 13.5. The summed E-state index contributed by atoms with van der Waals surface area (Å²) in [5.74, 6) is -0.411. The Morgan fingerprint density at radius 3 is 2.57 bits per heavy atom. The van der Waals surface area contributed by atoms with Crippen molar-refractivity contribution in [3.8, 4) is 0 Å². The molecule has 0 unspecified atom stereocenters. The molecule has 21 heavy (non-hydrogen) atoms. The number of benzene rings is 2. The molecule has 0 aliphatic heterocycles. The van der Waals surface area contributed by atoms with Gasteiger partial charge in [-0.15, -0.1) is 0 Å². The van der Waals surface area contributed by atoms with E-state index in [1.54, 1.807) is 19.1 Å². The van der Waals surface area contributed by atoms with Gasteiger partial charge in [-0.2, -0.15) is 0 Å². The Bertz CT molecular complexity index is 694. The lowest BCUT2D eigenvalue weighted by molar-refractivity contribution is -0.384. The molecule has 2 aromatic rings. The number of hydrogen-bond donors (Lipinski definition) is 1. The summed E-state index contributed by atoms with van der Waals surface area (Å²) in [7, 11) is 0. The third kappa shape index (κ3) is 4.01. The average molecular weight is 282 g/mol. The second-order valence-electron chi connectivity index (χ2n) is 4.51. The molecule has 2 rings (SSSR count). The standard InChI is InChI=1S/C16H14N2O3/c1-12-7-9-14(15(11-12)18(20)21)17-16(19)10-8-13-5-3-2-4-6-13/h2-11H,1H3,(H,17,19)/b10-8-. The molecular formula is C16H14N2O3. The average Bonchev–Trinajstić information content (AvgIpc) is 2.48. The summed E-state index contributed by atoms with van der Waals surface area (Å²) < 4.78 is 0. The molecule has 0 aliphatic rings. The van der Waals surface area contributed by atoms with E-state index in [-0.39, 0.29) is 11.4 Å². The number of nitrogens with one attached hydrogen (secondary N) is 1. The molecule has 1 N–H and O–H groups in total. The van der Waals surface area contributed by atoms with Crippen LogP contribution in [0.1, 0.15) is 11.1 Å². The van der Waals surface area contributed by atoms with E-state index < -0.39 is 10.8 Å². The van der Waals surface area contributed by atoms with Crippen LogP contribution in [-0.2, 0) is 4.79 Å². The van der Waals surface area contributed by atoms with E-state index in [9.17, 15) is 14.9 Å². The molecule has 0 spiro atoms. The van der Waals surface area contributed by atoms with E-state index in [1.165, 1.54) is 18.2 Å². The minimum atomic E-state index is -0.510. The van der Waals surface area contributed by atoms with Gasteiger partial charge in [-0.25, -0.2) is 0 Å². The summed E-state index contributed by atoms with van der Waals surface area (Å²) >= 11 is 0. The van der Waals surface area contributed by atoms with Gasteiger partial charge < -0.3 is 5.32 Å². The number of carbonyl (C=O) groups excluding carboxylic acids is 1. The topological polar surface area (TPSA) is 72.2 Å². The zero-order chi connectivity index (χ0) is 15.2. The smallest absolute Gasteiger partial charge is 0.293 e. The Kier molecular flexibility index (Phi) is 4.46. The summed E-state index contributed by atoms with van der Waals surface area (Å²) in [6, 6.07) is 14.0. The quantitative estimate of drug-likeness (QED) is 0.529. The molecule has 5 nitrogen and oxygen atoms in total. The third-order valence-corrected chi connectivity index (χ3v) is 2.83. The van der Waals surface area contributed by atoms with E-state index in [4.69, 9.17) is 0 Å². The van der Waals surface area contributed by atoms with E-state index in [1.807, 2.05) is 30.3 Å². The van der Waals surface area contributed by atoms with Crippen LogP contribution in [0.3, 0.4) is 0 Å². The Morgan fingerprint density at radius 2 is 1.90 bits per heavy atom. The van der Waals surface area contributed by atoms with Crippen LogP contribution in [-0.4, -0.2) is 10.8 Å². The first-order valence-electron chi connectivity index (χ1n) is 6.35. The second kappa shape index (κ2) is 6.47. The number of nitro groups is 1. The molecule has 0 radical (unpaired) electrons. The SMILES string of the molecule is Cc1ccc(NC(=O)/C=C\c2ccccc2)c([N+](=O)[O-])c1. The number of amides is 1. The summed E-state index contributed by atoms with van der Waals surface area (Å²) in [6.45, 7) is 1.76. The number of carbonyl (C=O) groups is 1. The zero-order valence-electron chi connectivity index (χ0n) is 11.4. The summed E-state index contributed by atoms with van der Waals surface area (Å²) in [6.07, 6.45) is 2.99. The first kappa shape index (κ1) is 14.5. The number of hydrogen-bond acceptors (Lipinski definition) is 3. The van der Waals surface area contributed by atoms with E-state index in [0.29, 0.717) is 0 Å². The summed E-state index contributed by atoms with van der Waals surface area (Å²) in [4.78, 5) is 22.3. The highest BCUT2D eigenvalue weighted by atomic mass is 16.6. The Labute approximate surface area is 122 Å². The normalized spacial score (nSPS) is 10.5. The van der Waals surface area contributed by atoms with Crippen molar-refractivity contribution in [2.24, 2.45) is 0 Å². The second-order valence-corrected chi connectivity index (χ2v) is 4.51. The molecule has 0 aliphatic carbocycles. The number of nitro benzene ring substituents is 1. The maximum atomic E-state index is 11.8. The van der Waals surface area contributed by atoms with Crippen LogP contribution >= 0.6 is 0 Å². The molecule has 0 fully saturated rings. The van der Waals surface area contributed by atoms with Gasteiger partial charge in [-0.05, 0) is 30.2 Å². The minimum Gasteiger partial charge on any atom is -0.317 e. The molecular weight excluding hydrogens is 268 g/mol. The van der Waals surface area contributed by atoms with Gasteiger partial charge >= 0.3 is 0 Å². The van der Waals surface area contributed by atoms with Crippen LogP contribution in [0.5, 0.6) is 0 Å². The van der Waals surface area contributed by atoms with Crippen molar-refractivity contribution >= 4 is 23.4 Å². The number of anilines is 1. The lowest BCUT2D eigenvalue weighted by atomic mass is 10.2. The van der Waals surface area contributed by atoms with Gasteiger partial charge in [-0.1, -0.05) is 36.4 Å². The molecule has 106 valence electrons. The molecule has 1 amide bonds. The fourth-order valence-corrected chi connectivity index (χ4v) is 1.81. The molecule has 0 bridgehead atoms. The van der Waals surface area contributed by atoms with Crippen molar-refractivity contribution in [1.29, 1.82) is 0 Å². The number of nitrogens with zero attached hydrogens (tertiary/aromatic N) is 1. The molecule has 0 aromatic heterocycles. The number of aryl methyl sites for hydroxylation is 1. The largest absolute Gasteiger partial charge is 0.317 e. The van der Waals surface area contributed by atoms with E-state index in [2.05, 4.69) is 5.32 Å². The zero-order valence-corrected chi connectivity index (χ0v) is 11.4. The molecule has 0 heterocycles. The first-order chi connectivity index (χ1) is 10.1. The van der Waals surface area contributed by atoms with Gasteiger partial charge in [-0.3, -0.25) is 14.9 Å². The van der Waals surface area contributed by atoms with Crippen molar-refractivity contribution < 1.29 is 9.72 Å². The van der Waals surface area contributed by atoms with Crippen molar-refractivity contribution in [1.82, 2.24) is 0 Å². The van der Waals surface area contributed by atoms with Crippen molar-refractivity contribution in [2.75, 3.05) is 5.32 Å². The van der Waals surface area contributed by atoms with Gasteiger partial charge in [0.25, 0.3) is 5.69 Å². The Balaban J connectivity index is 2.13. The van der Waals surface area contributed by atoms with Crippen LogP contribution in [0, 0.1) is 17.0 Å². The van der Waals surface area contributed by atoms with Gasteiger partial charge in [0.15, 0.2) is 0 Å². The first-order valence-corrected chi connectivity index (χ1v) is 6.35. The number of rotatable bonds is 4. The van der Waals surface area contributed by atoms with E-state index in [0.717, 1.165) is 11.1 Å². The van der Waals surface area contributed by atoms with Crippen molar-refractivity contribution in [3.63, 3.8) is 0 Å². The Morgan fingerprint density at radius 1 is 1.19 bits per heavy atom. The van der Waals surface area contributed by atoms with Crippen LogP contribution in [0.4, 0.5) is 11.4 Å². The predicted octanol–water partition coefficient (Wildman–Crippen LogP) is 3.56. The van der Waals surface area contributed by atoms with Crippen LogP contribution < -0.4 is 5.32 Å². The minimum absolute atomic E-state index is 0.114. The van der Waals surface area contributed by atoms with Crippen molar-refractivity contribution in [3.05, 3.63) is 75.8 Å². The third-order valence-electron chi connectivity index (χ3n) is 2.83. The van der Waals surface area contributed by atoms with Crippen LogP contribution in [0.2, 0.25) is 0 Å². The monoisotopic (exact) mass is 282 g/mol. The molecule has 0 saturated carbocycles. The van der Waals surface area contributed by atoms with Gasteiger partial charge in [0, 0.05) is 12.1 Å². The van der Waals surface area contributed by atoms with Crippen LogP contribution in [0.15, 0.2) is 54.6 Å². The van der Waals surface area contributed by atoms with Gasteiger partial charge in [0.05, 0.1) is 4.92 Å². The van der Waals surface area contributed by atoms with Gasteiger partial charge in [0.2, 0.25) is 5.91 Å². The molecule has 2 aromatic carbocycles. The van der Waals surface area contributed by atoms with Crippen LogP contribution in [0.25, 0.3) is 6.08 Å². The maximum Gasteiger partial charge on any atom is 0.293 e. The van der Waals surface area contributed by atoms with Gasteiger partial charge in [0.1, 0.15) is 5.69 Å². The molecule has 5 heteroatoms. The molecule has 0 saturated heterocycles. The Hall–Kier alpha value is -2.95. The highest BCUT2D eigenvalue weighted by Gasteiger charge is 2.14. The highest BCUT2D eigenvalue weighted by Crippen LogP contribution is 2.25. The maximum absolute atomic E-state index is 11.8. The van der Waals surface area contributed by atoms with Crippen molar-refractivity contribution in [2.45, 2.75) is 6.92 Å².